The molecule has 2 aromatic heterocycles. The molecule has 1 atom stereocenters. The van der Waals surface area contributed by atoms with Gasteiger partial charge in [-0.25, -0.2) is 9.97 Å². The van der Waals surface area contributed by atoms with Crippen LogP contribution in [0, 0.1) is 5.92 Å². The summed E-state index contributed by atoms with van der Waals surface area (Å²) in [7, 11) is 0. The fourth-order valence-corrected chi connectivity index (χ4v) is 5.50. The summed E-state index contributed by atoms with van der Waals surface area (Å²) >= 11 is 1.74. The summed E-state index contributed by atoms with van der Waals surface area (Å²) in [5.41, 5.74) is 3.54. The Morgan fingerprint density at radius 3 is 3.11 bits per heavy atom. The van der Waals surface area contributed by atoms with E-state index in [2.05, 4.69) is 23.0 Å². The number of carbonyl (C=O) groups is 1. The summed E-state index contributed by atoms with van der Waals surface area (Å²) in [6.45, 7) is 3.01. The molecular formula is C21H21N3O2S. The normalized spacial score (nSPS) is 18.4. The van der Waals surface area contributed by atoms with E-state index in [0.29, 0.717) is 18.3 Å². The summed E-state index contributed by atoms with van der Waals surface area (Å²) in [5, 5.41) is 1.01. The highest BCUT2D eigenvalue weighted by molar-refractivity contribution is 7.18. The summed E-state index contributed by atoms with van der Waals surface area (Å²) < 4.78 is 5.92. The number of para-hydroxylation sites is 1. The molecule has 0 fully saturated rings. The molecule has 0 radical (unpaired) electrons. The highest BCUT2D eigenvalue weighted by atomic mass is 32.1. The molecule has 3 aromatic rings. The van der Waals surface area contributed by atoms with Crippen LogP contribution in [-0.2, 0) is 24.1 Å². The van der Waals surface area contributed by atoms with E-state index in [-0.39, 0.29) is 12.5 Å². The summed E-state index contributed by atoms with van der Waals surface area (Å²) in [4.78, 5) is 25.7. The second-order valence-corrected chi connectivity index (χ2v) is 8.51. The number of nitrogens with zero attached hydrogens (tertiary/aromatic N) is 3. The average molecular weight is 379 g/mol. The Morgan fingerprint density at radius 2 is 2.19 bits per heavy atom. The van der Waals surface area contributed by atoms with Crippen molar-refractivity contribution in [3.8, 4) is 5.88 Å². The SMILES string of the molecule is C[C@@H]1CCc2c(sc3ncnc(OCC(=O)N4CCc5ccccc54)c23)C1. The third-order valence-corrected chi connectivity index (χ3v) is 6.74. The smallest absolute Gasteiger partial charge is 0.264 e. The van der Waals surface area contributed by atoms with E-state index in [1.807, 2.05) is 23.1 Å². The van der Waals surface area contributed by atoms with E-state index >= 15 is 0 Å². The first kappa shape index (κ1) is 16.7. The minimum Gasteiger partial charge on any atom is -0.467 e. The van der Waals surface area contributed by atoms with Crippen LogP contribution in [0.2, 0.25) is 0 Å². The van der Waals surface area contributed by atoms with Crippen LogP contribution in [0.25, 0.3) is 10.2 Å². The van der Waals surface area contributed by atoms with Crippen LogP contribution >= 0.6 is 11.3 Å². The minimum atomic E-state index is -0.0237. The molecular weight excluding hydrogens is 358 g/mol. The predicted molar refractivity (Wildman–Crippen MR) is 107 cm³/mol. The lowest BCUT2D eigenvalue weighted by Gasteiger charge is -2.19. The summed E-state index contributed by atoms with van der Waals surface area (Å²) in [5.74, 6) is 1.23. The molecule has 5 nitrogen and oxygen atoms in total. The lowest BCUT2D eigenvalue weighted by Crippen LogP contribution is -2.33. The van der Waals surface area contributed by atoms with Crippen LogP contribution < -0.4 is 9.64 Å². The first-order chi connectivity index (χ1) is 13.2. The molecule has 5 rings (SSSR count). The van der Waals surface area contributed by atoms with Gasteiger partial charge in [-0.15, -0.1) is 11.3 Å². The van der Waals surface area contributed by atoms with Gasteiger partial charge in [-0.2, -0.15) is 0 Å². The summed E-state index contributed by atoms with van der Waals surface area (Å²) in [6.07, 6.45) is 5.75. The van der Waals surface area contributed by atoms with Crippen molar-refractivity contribution in [1.29, 1.82) is 0 Å². The van der Waals surface area contributed by atoms with Gasteiger partial charge in [0, 0.05) is 17.1 Å². The number of rotatable bonds is 3. The molecule has 0 spiro atoms. The first-order valence-electron chi connectivity index (χ1n) is 9.47. The van der Waals surface area contributed by atoms with Crippen LogP contribution in [0.15, 0.2) is 30.6 Å². The predicted octanol–water partition coefficient (Wildman–Crippen LogP) is 3.78. The zero-order valence-corrected chi connectivity index (χ0v) is 16.1. The van der Waals surface area contributed by atoms with Crippen molar-refractivity contribution in [2.75, 3.05) is 18.1 Å². The molecule has 2 aliphatic rings. The van der Waals surface area contributed by atoms with E-state index in [1.165, 1.54) is 22.4 Å². The maximum absolute atomic E-state index is 12.7. The number of anilines is 1. The van der Waals surface area contributed by atoms with Gasteiger partial charge in [-0.1, -0.05) is 25.1 Å². The molecule has 138 valence electrons. The van der Waals surface area contributed by atoms with Gasteiger partial charge in [-0.05, 0) is 48.8 Å². The number of fused-ring (bicyclic) bond motifs is 4. The lowest BCUT2D eigenvalue weighted by atomic mass is 9.89. The first-order valence-corrected chi connectivity index (χ1v) is 10.3. The van der Waals surface area contributed by atoms with Crippen molar-refractivity contribution in [1.82, 2.24) is 9.97 Å². The highest BCUT2D eigenvalue weighted by Crippen LogP contribution is 2.40. The standard InChI is InChI=1S/C21H21N3O2S/c1-13-6-7-15-17(10-13)27-21-19(15)20(22-12-23-21)26-11-18(25)24-9-8-14-4-2-3-5-16(14)24/h2-5,12-13H,6-11H2,1H3/t13-/m1/s1. The number of ether oxygens (including phenoxy) is 1. The number of benzene rings is 1. The molecule has 1 aliphatic carbocycles. The fourth-order valence-electron chi connectivity index (χ4n) is 4.16. The number of amides is 1. The van der Waals surface area contributed by atoms with E-state index in [1.54, 1.807) is 17.7 Å². The molecule has 0 saturated heterocycles. The number of hydrogen-bond donors (Lipinski definition) is 0. The Kier molecular flexibility index (Phi) is 4.08. The number of thiophene rings is 1. The maximum Gasteiger partial charge on any atom is 0.264 e. The second kappa shape index (κ2) is 6.60. The van der Waals surface area contributed by atoms with Crippen LogP contribution in [0.1, 0.15) is 29.3 Å². The molecule has 3 heterocycles. The Labute approximate surface area is 162 Å². The average Bonchev–Trinajstić information content (AvgIpc) is 3.27. The van der Waals surface area contributed by atoms with Crippen LogP contribution in [0.5, 0.6) is 5.88 Å². The number of aromatic nitrogens is 2. The molecule has 0 bridgehead atoms. The van der Waals surface area contributed by atoms with Gasteiger partial charge >= 0.3 is 0 Å². The summed E-state index contributed by atoms with van der Waals surface area (Å²) in [6, 6.07) is 8.06. The molecule has 0 unspecified atom stereocenters. The van der Waals surface area contributed by atoms with Crippen molar-refractivity contribution in [3.05, 3.63) is 46.6 Å². The molecule has 1 aliphatic heterocycles. The molecule has 0 N–H and O–H groups in total. The number of aryl methyl sites for hydroxylation is 1. The highest BCUT2D eigenvalue weighted by Gasteiger charge is 2.26. The second-order valence-electron chi connectivity index (χ2n) is 7.42. The number of hydrogen-bond acceptors (Lipinski definition) is 5. The Morgan fingerprint density at radius 1 is 1.30 bits per heavy atom. The Bertz CT molecular complexity index is 1030. The van der Waals surface area contributed by atoms with Crippen molar-refractivity contribution in [2.45, 2.75) is 32.6 Å². The molecule has 27 heavy (non-hydrogen) atoms. The van der Waals surface area contributed by atoms with Crippen molar-refractivity contribution in [3.63, 3.8) is 0 Å². The van der Waals surface area contributed by atoms with Crippen molar-refractivity contribution >= 4 is 33.1 Å². The molecule has 1 amide bonds. The van der Waals surface area contributed by atoms with Gasteiger partial charge in [-0.3, -0.25) is 4.79 Å². The molecule has 0 saturated carbocycles. The Hall–Kier alpha value is -2.47. The topological polar surface area (TPSA) is 55.3 Å². The van der Waals surface area contributed by atoms with Crippen molar-refractivity contribution < 1.29 is 9.53 Å². The van der Waals surface area contributed by atoms with Gasteiger partial charge in [0.2, 0.25) is 5.88 Å². The zero-order chi connectivity index (χ0) is 18.4. The number of carbonyl (C=O) groups excluding carboxylic acids is 1. The van der Waals surface area contributed by atoms with Gasteiger partial charge < -0.3 is 9.64 Å². The maximum atomic E-state index is 12.7. The Balaban J connectivity index is 1.39. The van der Waals surface area contributed by atoms with Crippen LogP contribution in [0.3, 0.4) is 0 Å². The zero-order valence-electron chi connectivity index (χ0n) is 15.3. The van der Waals surface area contributed by atoms with Gasteiger partial charge in [0.05, 0.1) is 5.39 Å². The monoisotopic (exact) mass is 379 g/mol. The molecule has 1 aromatic carbocycles. The minimum absolute atomic E-state index is 0.00146. The quantitative estimate of drug-likeness (QED) is 0.695. The van der Waals surface area contributed by atoms with Gasteiger partial charge in [0.1, 0.15) is 11.2 Å². The van der Waals surface area contributed by atoms with E-state index < -0.39 is 0 Å². The van der Waals surface area contributed by atoms with Crippen molar-refractivity contribution in [2.24, 2.45) is 5.92 Å². The fraction of sp³-hybridized carbons (Fsp3) is 0.381. The third-order valence-electron chi connectivity index (χ3n) is 5.58. The van der Waals surface area contributed by atoms with Gasteiger partial charge in [0.25, 0.3) is 5.91 Å². The molecule has 6 heteroatoms. The van der Waals surface area contributed by atoms with E-state index in [4.69, 9.17) is 4.74 Å². The van der Waals surface area contributed by atoms with E-state index in [0.717, 1.165) is 35.2 Å². The van der Waals surface area contributed by atoms with Gasteiger partial charge in [0.15, 0.2) is 6.61 Å². The largest absolute Gasteiger partial charge is 0.467 e. The third kappa shape index (κ3) is 2.88. The van der Waals surface area contributed by atoms with E-state index in [9.17, 15) is 4.79 Å². The van der Waals surface area contributed by atoms with Crippen LogP contribution in [0.4, 0.5) is 5.69 Å². The van der Waals surface area contributed by atoms with Crippen LogP contribution in [-0.4, -0.2) is 29.0 Å². The lowest BCUT2D eigenvalue weighted by molar-refractivity contribution is -0.120.